The molecule has 0 aliphatic rings. The third-order valence-electron chi connectivity index (χ3n) is 0.852. The van der Waals surface area contributed by atoms with Gasteiger partial charge in [0.25, 0.3) is 0 Å². The quantitative estimate of drug-likeness (QED) is 0.576. The van der Waals surface area contributed by atoms with Crippen LogP contribution in [0.5, 0.6) is 5.75 Å². The molecule has 0 fully saturated rings. The first kappa shape index (κ1) is 5.63. The Morgan fingerprint density at radius 2 is 2.67 bits per heavy atom. The monoisotopic (exact) mass is 123 g/mol. The molecule has 0 radical (unpaired) electrons. The predicted molar refractivity (Wildman–Crippen MR) is 29.5 cm³/mol. The van der Waals surface area contributed by atoms with Gasteiger partial charge in [-0.15, -0.1) is 0 Å². The van der Waals surface area contributed by atoms with Gasteiger partial charge in [0.05, 0.1) is 18.5 Å². The zero-order valence-corrected chi connectivity index (χ0v) is 4.65. The van der Waals surface area contributed by atoms with Crippen LogP contribution in [-0.4, -0.2) is 14.9 Å². The Bertz CT molecular complexity index is 235. The zero-order valence-electron chi connectivity index (χ0n) is 4.65. The molecule has 0 spiro atoms. The maximum absolute atomic E-state index is 8.69. The molecular weight excluding hydrogens is 118 g/mol. The summed E-state index contributed by atoms with van der Waals surface area (Å²) in [5, 5.41) is 20.5. The van der Waals surface area contributed by atoms with E-state index in [4.69, 9.17) is 10.4 Å². The second-order valence-electron chi connectivity index (χ2n) is 1.55. The summed E-state index contributed by atoms with van der Waals surface area (Å²) in [6.45, 7) is 0.181. The highest BCUT2D eigenvalue weighted by Gasteiger charge is 1.91. The summed E-state index contributed by atoms with van der Waals surface area (Å²) >= 11 is 0. The van der Waals surface area contributed by atoms with Crippen LogP contribution in [0.25, 0.3) is 0 Å². The maximum Gasteiger partial charge on any atom is 0.153 e. The lowest BCUT2D eigenvalue weighted by molar-refractivity contribution is 0.474. The van der Waals surface area contributed by atoms with Crippen molar-refractivity contribution in [2.75, 3.05) is 0 Å². The highest BCUT2D eigenvalue weighted by Crippen LogP contribution is 2.02. The highest BCUT2D eigenvalue weighted by molar-refractivity contribution is 5.08. The fraction of sp³-hybridized carbons (Fsp3) is 0.200. The lowest BCUT2D eigenvalue weighted by Crippen LogP contribution is -1.93. The van der Waals surface area contributed by atoms with Crippen molar-refractivity contribution >= 4 is 0 Å². The Balaban J connectivity index is 2.76. The molecule has 46 valence electrons. The van der Waals surface area contributed by atoms with Crippen LogP contribution in [-0.2, 0) is 6.54 Å². The molecule has 1 aromatic heterocycles. The first-order chi connectivity index (χ1) is 4.33. The van der Waals surface area contributed by atoms with E-state index >= 15 is 0 Å². The molecule has 4 nitrogen and oxygen atoms in total. The molecule has 1 N–H and O–H groups in total. The van der Waals surface area contributed by atoms with E-state index in [1.807, 2.05) is 6.07 Å². The van der Waals surface area contributed by atoms with E-state index in [9.17, 15) is 0 Å². The van der Waals surface area contributed by atoms with Crippen LogP contribution < -0.4 is 0 Å². The smallest absolute Gasteiger partial charge is 0.153 e. The summed E-state index contributed by atoms with van der Waals surface area (Å²) in [6.07, 6.45) is 2.68. The number of hydrogen-bond acceptors (Lipinski definition) is 3. The average Bonchev–Trinajstić information content (AvgIpc) is 2.17. The summed E-state index contributed by atoms with van der Waals surface area (Å²) in [7, 11) is 0. The minimum absolute atomic E-state index is 0.0882. The Kier molecular flexibility index (Phi) is 1.36. The molecule has 1 rings (SSSR count). The van der Waals surface area contributed by atoms with Gasteiger partial charge in [-0.25, -0.2) is 0 Å². The van der Waals surface area contributed by atoms with Crippen molar-refractivity contribution in [1.82, 2.24) is 9.78 Å². The molecule has 1 heterocycles. The highest BCUT2D eigenvalue weighted by atomic mass is 16.3. The van der Waals surface area contributed by atoms with E-state index in [1.165, 1.54) is 17.1 Å². The normalized spacial score (nSPS) is 8.78. The van der Waals surface area contributed by atoms with E-state index in [0.29, 0.717) is 0 Å². The number of nitrogens with zero attached hydrogens (tertiary/aromatic N) is 3. The number of rotatable bonds is 1. The molecule has 0 amide bonds. The van der Waals surface area contributed by atoms with Crippen LogP contribution in [0.2, 0.25) is 0 Å². The Labute approximate surface area is 52.0 Å². The largest absolute Gasteiger partial charge is 0.505 e. The van der Waals surface area contributed by atoms with Gasteiger partial charge < -0.3 is 5.11 Å². The molecule has 1 aromatic rings. The van der Waals surface area contributed by atoms with Crippen molar-refractivity contribution in [1.29, 1.82) is 5.26 Å². The summed E-state index contributed by atoms with van der Waals surface area (Å²) in [5.41, 5.74) is 0. The lowest BCUT2D eigenvalue weighted by Gasteiger charge is -1.85. The average molecular weight is 123 g/mol. The topological polar surface area (TPSA) is 61.8 Å². The first-order valence-electron chi connectivity index (χ1n) is 2.41. The third kappa shape index (κ3) is 1.19. The maximum atomic E-state index is 8.69. The second kappa shape index (κ2) is 2.18. The van der Waals surface area contributed by atoms with Crippen molar-refractivity contribution in [2.45, 2.75) is 6.54 Å². The zero-order chi connectivity index (χ0) is 6.69. The van der Waals surface area contributed by atoms with Crippen LogP contribution in [0.1, 0.15) is 0 Å². The van der Waals surface area contributed by atoms with E-state index in [0.717, 1.165) is 0 Å². The lowest BCUT2D eigenvalue weighted by atomic mass is 10.6. The predicted octanol–water partition coefficient (Wildman–Crippen LogP) is 0.112. The van der Waals surface area contributed by atoms with Crippen LogP contribution in [0, 0.1) is 11.3 Å². The van der Waals surface area contributed by atoms with Gasteiger partial charge in [0.1, 0.15) is 6.54 Å². The van der Waals surface area contributed by atoms with E-state index in [1.54, 1.807) is 0 Å². The Morgan fingerprint density at radius 1 is 1.89 bits per heavy atom. The molecule has 0 atom stereocenters. The molecule has 4 heteroatoms. The molecule has 0 saturated heterocycles. The molecule has 0 unspecified atom stereocenters. The minimum Gasteiger partial charge on any atom is -0.505 e. The fourth-order valence-corrected chi connectivity index (χ4v) is 0.512. The Hall–Kier alpha value is -1.50. The summed E-state index contributed by atoms with van der Waals surface area (Å²) in [6, 6.07) is 1.89. The number of aromatic nitrogens is 2. The first-order valence-corrected chi connectivity index (χ1v) is 2.41. The number of aromatic hydroxyl groups is 1. The standard InChI is InChI=1S/C5H5N3O/c6-1-2-8-4-5(9)3-7-8/h3-4,9H,2H2. The summed E-state index contributed by atoms with van der Waals surface area (Å²) in [5.74, 6) is 0.0882. The minimum atomic E-state index is 0.0882. The SMILES string of the molecule is N#CCn1cc(O)cn1. The van der Waals surface area contributed by atoms with Crippen LogP contribution in [0.3, 0.4) is 0 Å². The third-order valence-corrected chi connectivity index (χ3v) is 0.852. The van der Waals surface area contributed by atoms with Gasteiger partial charge in [0.2, 0.25) is 0 Å². The van der Waals surface area contributed by atoms with Crippen LogP contribution in [0.15, 0.2) is 12.4 Å². The number of nitriles is 1. The van der Waals surface area contributed by atoms with Gasteiger partial charge in [-0.2, -0.15) is 10.4 Å². The van der Waals surface area contributed by atoms with Gasteiger partial charge >= 0.3 is 0 Å². The van der Waals surface area contributed by atoms with Gasteiger partial charge in [0.15, 0.2) is 5.75 Å². The molecule has 0 aliphatic carbocycles. The molecule has 0 aliphatic heterocycles. The van der Waals surface area contributed by atoms with Crippen molar-refractivity contribution in [3.63, 3.8) is 0 Å². The molecule has 0 saturated carbocycles. The molecule has 0 bridgehead atoms. The van der Waals surface area contributed by atoms with Gasteiger partial charge in [-0.05, 0) is 0 Å². The summed E-state index contributed by atoms with van der Waals surface area (Å²) in [4.78, 5) is 0. The van der Waals surface area contributed by atoms with E-state index in [2.05, 4.69) is 5.10 Å². The van der Waals surface area contributed by atoms with Crippen molar-refractivity contribution in [3.8, 4) is 11.8 Å². The molecule has 0 aromatic carbocycles. The van der Waals surface area contributed by atoms with Gasteiger partial charge in [-0.3, -0.25) is 4.68 Å². The van der Waals surface area contributed by atoms with Gasteiger partial charge in [-0.1, -0.05) is 0 Å². The van der Waals surface area contributed by atoms with Crippen molar-refractivity contribution < 1.29 is 5.11 Å². The van der Waals surface area contributed by atoms with Gasteiger partial charge in [0, 0.05) is 0 Å². The second-order valence-corrected chi connectivity index (χ2v) is 1.55. The Morgan fingerprint density at radius 3 is 3.11 bits per heavy atom. The van der Waals surface area contributed by atoms with Crippen LogP contribution >= 0.6 is 0 Å². The fourth-order valence-electron chi connectivity index (χ4n) is 0.512. The number of hydrogen-bond donors (Lipinski definition) is 1. The molecule has 9 heavy (non-hydrogen) atoms. The van der Waals surface area contributed by atoms with E-state index in [-0.39, 0.29) is 12.3 Å². The van der Waals surface area contributed by atoms with Crippen LogP contribution in [0.4, 0.5) is 0 Å². The van der Waals surface area contributed by atoms with Crippen molar-refractivity contribution in [3.05, 3.63) is 12.4 Å². The van der Waals surface area contributed by atoms with E-state index < -0.39 is 0 Å². The molecular formula is C5H5N3O. The van der Waals surface area contributed by atoms with Crippen molar-refractivity contribution in [2.24, 2.45) is 0 Å². The summed E-state index contributed by atoms with van der Waals surface area (Å²) < 4.78 is 1.36.